The number of benzene rings is 4. The minimum Gasteiger partial charge on any atom is -0.744 e. The molecule has 0 aliphatic carbocycles. The summed E-state index contributed by atoms with van der Waals surface area (Å²) in [4.78, 5) is -0.209. The molecule has 0 heterocycles. The van der Waals surface area contributed by atoms with Gasteiger partial charge >= 0.3 is 48.9 Å². The molecule has 456 valence electrons. The van der Waals surface area contributed by atoms with E-state index in [1.54, 1.807) is 12.1 Å². The molecular formula is C72H118BaO6S2. The minimum atomic E-state index is -4.46. The van der Waals surface area contributed by atoms with Crippen molar-refractivity contribution in [2.75, 3.05) is 0 Å². The van der Waals surface area contributed by atoms with Crippen LogP contribution in [0.15, 0.2) is 70.5 Å². The van der Waals surface area contributed by atoms with Crippen molar-refractivity contribution in [2.45, 2.75) is 346 Å². The van der Waals surface area contributed by atoms with Gasteiger partial charge in [-0.3, -0.25) is 0 Å². The fourth-order valence-corrected chi connectivity index (χ4v) is 13.0. The number of aryl methyl sites for hydroxylation is 4. The topological polar surface area (TPSA) is 114 Å². The van der Waals surface area contributed by atoms with Crippen LogP contribution < -0.4 is 0 Å². The van der Waals surface area contributed by atoms with Gasteiger partial charge in [-0.15, -0.1) is 0 Å². The van der Waals surface area contributed by atoms with E-state index in [4.69, 9.17) is 0 Å². The summed E-state index contributed by atoms with van der Waals surface area (Å²) in [5.74, 6) is 0. The fourth-order valence-electron chi connectivity index (χ4n) is 12.0. The van der Waals surface area contributed by atoms with Crippen LogP contribution in [0.2, 0.25) is 0 Å². The fraction of sp³-hybridized carbons (Fsp3) is 0.722. The maximum absolute atomic E-state index is 11.8. The van der Waals surface area contributed by atoms with Gasteiger partial charge in [-0.25, -0.2) is 16.8 Å². The predicted octanol–water partition coefficient (Wildman–Crippen LogP) is 22.5. The van der Waals surface area contributed by atoms with E-state index in [9.17, 15) is 25.9 Å². The van der Waals surface area contributed by atoms with Crippen LogP contribution in [0.3, 0.4) is 0 Å². The molecule has 0 amide bonds. The molecule has 0 aliphatic heterocycles. The normalized spacial score (nSPS) is 11.8. The molecule has 0 aliphatic rings. The van der Waals surface area contributed by atoms with Gasteiger partial charge in [0.15, 0.2) is 0 Å². The van der Waals surface area contributed by atoms with E-state index in [0.717, 1.165) is 72.9 Å². The zero-order valence-electron chi connectivity index (χ0n) is 52.7. The van der Waals surface area contributed by atoms with Crippen LogP contribution in [0.25, 0.3) is 21.5 Å². The van der Waals surface area contributed by atoms with Crippen LogP contribution in [-0.4, -0.2) is 74.8 Å². The third-order valence-corrected chi connectivity index (χ3v) is 18.8. The van der Waals surface area contributed by atoms with E-state index < -0.39 is 20.2 Å². The maximum atomic E-state index is 11.8. The number of hydrogen-bond acceptors (Lipinski definition) is 6. The van der Waals surface area contributed by atoms with Gasteiger partial charge in [0, 0.05) is 0 Å². The van der Waals surface area contributed by atoms with Gasteiger partial charge in [-0.05, 0) is 119 Å². The van der Waals surface area contributed by atoms with Gasteiger partial charge < -0.3 is 9.11 Å². The van der Waals surface area contributed by atoms with E-state index in [1.165, 1.54) is 291 Å². The molecule has 0 spiro atoms. The Kier molecular flexibility index (Phi) is 45.8. The Morgan fingerprint density at radius 1 is 0.247 bits per heavy atom. The Bertz CT molecular complexity index is 2230. The molecular weight excluding hydrogens is 1160 g/mol. The summed E-state index contributed by atoms with van der Waals surface area (Å²) in [6.45, 7) is 9.07. The summed E-state index contributed by atoms with van der Waals surface area (Å²) in [5, 5.41) is 4.18. The molecule has 0 aromatic heterocycles. The molecule has 4 rings (SSSR count). The van der Waals surface area contributed by atoms with E-state index in [0.29, 0.717) is 0 Å². The molecule has 4 aromatic carbocycles. The Morgan fingerprint density at radius 3 is 0.605 bits per heavy atom. The van der Waals surface area contributed by atoms with Gasteiger partial charge in [0.1, 0.15) is 20.2 Å². The molecule has 0 N–H and O–H groups in total. The van der Waals surface area contributed by atoms with Crippen molar-refractivity contribution >= 4 is 90.7 Å². The van der Waals surface area contributed by atoms with Crippen molar-refractivity contribution in [1.29, 1.82) is 0 Å². The predicted molar refractivity (Wildman–Crippen MR) is 350 cm³/mol. The van der Waals surface area contributed by atoms with Gasteiger partial charge in [0.2, 0.25) is 0 Å². The van der Waals surface area contributed by atoms with Crippen LogP contribution in [0.4, 0.5) is 0 Å². The van der Waals surface area contributed by atoms with Gasteiger partial charge in [0.25, 0.3) is 0 Å². The average Bonchev–Trinajstić information content (AvgIpc) is 3.47. The first-order valence-electron chi connectivity index (χ1n) is 33.9. The molecule has 9 heteroatoms. The van der Waals surface area contributed by atoms with Crippen molar-refractivity contribution in [3.8, 4) is 0 Å². The first-order chi connectivity index (χ1) is 38.9. The maximum Gasteiger partial charge on any atom is 2.00 e. The summed E-state index contributed by atoms with van der Waals surface area (Å²) in [5.41, 5.74) is 4.92. The Hall–Kier alpha value is -1.21. The SMILES string of the molecule is CCCCCCCCCCCCCc1ccc(CCCCCCCCCCCCC)c2cc(S(=O)(=O)[O-])ccc12.CCCCCCCCCCCCCc1ccc(CCCCCCCCCCCCC)c2cc(S(=O)(=O)[O-])ccc12.[Ba+2]. The van der Waals surface area contributed by atoms with Gasteiger partial charge in [0.05, 0.1) is 9.79 Å². The molecule has 0 saturated carbocycles. The number of fused-ring (bicyclic) bond motifs is 2. The van der Waals surface area contributed by atoms with Crippen LogP contribution in [-0.2, 0) is 45.9 Å². The van der Waals surface area contributed by atoms with Crippen LogP contribution >= 0.6 is 0 Å². The second-order valence-corrected chi connectivity index (χ2v) is 27.0. The first kappa shape index (κ1) is 75.9. The second kappa shape index (κ2) is 48.9. The standard InChI is InChI=1S/2C36H60O3S.Ba/c2*1-3-5-7-9-11-13-15-17-19-21-23-25-32-27-28-33(36-31-34(40(37,38)39)29-30-35(32)36)26-24-22-20-18-16-14-12-10-8-6-4-2;/h2*27-31H,3-26H2,1-2H3,(H,37,38,39);/q;;+2/p-2. The molecule has 0 saturated heterocycles. The molecule has 0 fully saturated rings. The van der Waals surface area contributed by atoms with Gasteiger partial charge in [-0.2, -0.15) is 0 Å². The Balaban J connectivity index is 0.000000547. The third kappa shape index (κ3) is 35.3. The zero-order valence-corrected chi connectivity index (χ0v) is 58.8. The number of unbranched alkanes of at least 4 members (excludes halogenated alkanes) is 40. The minimum absolute atomic E-state index is 0. The smallest absolute Gasteiger partial charge is 0.744 e. The molecule has 81 heavy (non-hydrogen) atoms. The van der Waals surface area contributed by atoms with E-state index >= 15 is 0 Å². The summed E-state index contributed by atoms with van der Waals surface area (Å²) in [7, 11) is -8.92. The average molecular weight is 1280 g/mol. The van der Waals surface area contributed by atoms with Crippen molar-refractivity contribution in [2.24, 2.45) is 0 Å². The summed E-state index contributed by atoms with van der Waals surface area (Å²) >= 11 is 0. The molecule has 6 nitrogen and oxygen atoms in total. The Morgan fingerprint density at radius 2 is 0.420 bits per heavy atom. The summed E-state index contributed by atoms with van der Waals surface area (Å²) in [6.07, 6.45) is 62.0. The van der Waals surface area contributed by atoms with Crippen molar-refractivity contribution in [3.05, 3.63) is 82.9 Å². The number of rotatable bonds is 50. The van der Waals surface area contributed by atoms with Crippen molar-refractivity contribution in [1.82, 2.24) is 0 Å². The Labute approximate surface area is 540 Å². The molecule has 0 atom stereocenters. The molecule has 0 unspecified atom stereocenters. The van der Waals surface area contributed by atoms with E-state index in [-0.39, 0.29) is 58.7 Å². The zero-order chi connectivity index (χ0) is 57.8. The largest absolute Gasteiger partial charge is 2.00 e. The van der Waals surface area contributed by atoms with Crippen molar-refractivity contribution < 1.29 is 25.9 Å². The van der Waals surface area contributed by atoms with E-state index in [1.807, 2.05) is 12.1 Å². The van der Waals surface area contributed by atoms with E-state index in [2.05, 4.69) is 52.0 Å². The van der Waals surface area contributed by atoms with Crippen molar-refractivity contribution in [3.63, 3.8) is 0 Å². The van der Waals surface area contributed by atoms with Crippen LogP contribution in [0, 0.1) is 0 Å². The molecule has 4 aromatic rings. The summed E-state index contributed by atoms with van der Waals surface area (Å²) < 4.78 is 70.6. The quantitative estimate of drug-likeness (QED) is 0.0247. The monoisotopic (exact) mass is 1280 g/mol. The molecule has 0 radical (unpaired) electrons. The van der Waals surface area contributed by atoms with Gasteiger partial charge in [-0.1, -0.05) is 321 Å². The first-order valence-corrected chi connectivity index (χ1v) is 36.8. The number of hydrogen-bond donors (Lipinski definition) is 0. The second-order valence-electron chi connectivity index (χ2n) is 24.2. The molecule has 0 bridgehead atoms. The third-order valence-electron chi connectivity index (χ3n) is 17.1. The van der Waals surface area contributed by atoms with Crippen LogP contribution in [0.1, 0.15) is 332 Å². The van der Waals surface area contributed by atoms with Crippen LogP contribution in [0.5, 0.6) is 0 Å². The summed E-state index contributed by atoms with van der Waals surface area (Å²) in [6, 6.07) is 18.9.